The second-order valence-electron chi connectivity index (χ2n) is 6.83. The largest absolute Gasteiger partial charge is 0.393 e. The van der Waals surface area contributed by atoms with Crippen molar-refractivity contribution in [3.8, 4) is 0 Å². The van der Waals surface area contributed by atoms with Gasteiger partial charge in [0, 0.05) is 45.4 Å². The van der Waals surface area contributed by atoms with Gasteiger partial charge in [-0.25, -0.2) is 0 Å². The molecule has 0 radical (unpaired) electrons. The predicted octanol–water partition coefficient (Wildman–Crippen LogP) is -0.00476. The standard InChI is InChI=1S/C17H28N4O4/c1-12-15(13(2)20(5)18-12)9-19(4)16(24)8-17(11-22)10-21(14(3)23)6-7-25-17/h22H,6-11H2,1-5H3. The van der Waals surface area contributed by atoms with E-state index in [0.29, 0.717) is 19.7 Å². The molecular formula is C17H28N4O4. The summed E-state index contributed by atoms with van der Waals surface area (Å²) in [5.41, 5.74) is 1.90. The summed E-state index contributed by atoms with van der Waals surface area (Å²) in [4.78, 5) is 27.5. The minimum atomic E-state index is -1.03. The van der Waals surface area contributed by atoms with Crippen molar-refractivity contribution in [1.29, 1.82) is 0 Å². The van der Waals surface area contributed by atoms with Crippen molar-refractivity contribution in [3.05, 3.63) is 17.0 Å². The SMILES string of the molecule is CC(=O)N1CCOC(CO)(CC(=O)N(C)Cc2c(C)nn(C)c2C)C1. The maximum atomic E-state index is 12.7. The van der Waals surface area contributed by atoms with Crippen molar-refractivity contribution in [2.75, 3.05) is 33.4 Å². The Bertz CT molecular complexity index is 657. The van der Waals surface area contributed by atoms with Crippen LogP contribution in [0.5, 0.6) is 0 Å². The number of hydrogen-bond donors (Lipinski definition) is 1. The molecule has 1 aliphatic heterocycles. The number of hydrogen-bond acceptors (Lipinski definition) is 5. The van der Waals surface area contributed by atoms with Crippen LogP contribution in [-0.4, -0.2) is 75.5 Å². The molecule has 1 aliphatic rings. The Morgan fingerprint density at radius 2 is 2.08 bits per heavy atom. The molecule has 2 rings (SSSR count). The van der Waals surface area contributed by atoms with E-state index >= 15 is 0 Å². The van der Waals surface area contributed by atoms with Crippen molar-refractivity contribution >= 4 is 11.8 Å². The highest BCUT2D eigenvalue weighted by atomic mass is 16.5. The molecule has 1 unspecified atom stereocenters. The van der Waals surface area contributed by atoms with Crippen LogP contribution in [0, 0.1) is 13.8 Å². The predicted molar refractivity (Wildman–Crippen MR) is 91.8 cm³/mol. The summed E-state index contributed by atoms with van der Waals surface area (Å²) in [6, 6.07) is 0. The van der Waals surface area contributed by atoms with Crippen LogP contribution in [0.15, 0.2) is 0 Å². The zero-order valence-corrected chi connectivity index (χ0v) is 15.7. The summed E-state index contributed by atoms with van der Waals surface area (Å²) in [5.74, 6) is -0.217. The molecule has 1 fully saturated rings. The molecule has 1 atom stereocenters. The first-order valence-corrected chi connectivity index (χ1v) is 8.42. The molecule has 0 aromatic carbocycles. The van der Waals surface area contributed by atoms with Crippen LogP contribution in [-0.2, 0) is 27.9 Å². The van der Waals surface area contributed by atoms with Gasteiger partial charge in [0.05, 0.1) is 31.9 Å². The lowest BCUT2D eigenvalue weighted by molar-refractivity contribution is -0.166. The van der Waals surface area contributed by atoms with Gasteiger partial charge in [0.2, 0.25) is 11.8 Å². The lowest BCUT2D eigenvalue weighted by Crippen LogP contribution is -2.57. The van der Waals surface area contributed by atoms with Crippen LogP contribution in [0.3, 0.4) is 0 Å². The van der Waals surface area contributed by atoms with E-state index in [4.69, 9.17) is 4.74 Å². The lowest BCUT2D eigenvalue weighted by atomic mass is 9.97. The van der Waals surface area contributed by atoms with E-state index in [1.807, 2.05) is 20.9 Å². The van der Waals surface area contributed by atoms with Crippen LogP contribution in [0.1, 0.15) is 30.3 Å². The summed E-state index contributed by atoms with van der Waals surface area (Å²) < 4.78 is 7.51. The van der Waals surface area contributed by atoms with Crippen LogP contribution in [0.4, 0.5) is 0 Å². The van der Waals surface area contributed by atoms with Gasteiger partial charge in [-0.1, -0.05) is 0 Å². The summed E-state index contributed by atoms with van der Waals surface area (Å²) in [6.45, 7) is 6.54. The average Bonchev–Trinajstić information content (AvgIpc) is 2.81. The average molecular weight is 352 g/mol. The minimum Gasteiger partial charge on any atom is -0.393 e. The highest BCUT2D eigenvalue weighted by molar-refractivity contribution is 5.78. The van der Waals surface area contributed by atoms with E-state index in [9.17, 15) is 14.7 Å². The first-order valence-electron chi connectivity index (χ1n) is 8.42. The molecule has 0 saturated carbocycles. The molecule has 140 valence electrons. The first kappa shape index (κ1) is 19.4. The molecule has 2 amide bonds. The zero-order chi connectivity index (χ0) is 18.8. The van der Waals surface area contributed by atoms with Gasteiger partial charge in [0.15, 0.2) is 0 Å². The molecule has 8 heteroatoms. The van der Waals surface area contributed by atoms with Gasteiger partial charge in [-0.15, -0.1) is 0 Å². The Balaban J connectivity index is 2.07. The second kappa shape index (κ2) is 7.53. The number of amides is 2. The van der Waals surface area contributed by atoms with Gasteiger partial charge in [-0.05, 0) is 13.8 Å². The van der Waals surface area contributed by atoms with E-state index in [-0.39, 0.29) is 31.4 Å². The molecule has 0 aliphatic carbocycles. The third-order valence-electron chi connectivity index (χ3n) is 4.94. The fourth-order valence-electron chi connectivity index (χ4n) is 3.15. The Kier molecular flexibility index (Phi) is 5.84. The summed E-state index contributed by atoms with van der Waals surface area (Å²) >= 11 is 0. The molecule has 1 saturated heterocycles. The van der Waals surface area contributed by atoms with E-state index in [1.165, 1.54) is 6.92 Å². The maximum Gasteiger partial charge on any atom is 0.225 e. The number of nitrogens with zero attached hydrogens (tertiary/aromatic N) is 4. The number of carbonyl (C=O) groups excluding carboxylic acids is 2. The van der Waals surface area contributed by atoms with E-state index < -0.39 is 5.60 Å². The fourth-order valence-corrected chi connectivity index (χ4v) is 3.15. The van der Waals surface area contributed by atoms with Gasteiger partial charge in [0.25, 0.3) is 0 Å². The Hall–Kier alpha value is -1.93. The van der Waals surface area contributed by atoms with Crippen molar-refractivity contribution < 1.29 is 19.4 Å². The highest BCUT2D eigenvalue weighted by Gasteiger charge is 2.40. The monoisotopic (exact) mass is 352 g/mol. The van der Waals surface area contributed by atoms with Crippen molar-refractivity contribution in [2.24, 2.45) is 7.05 Å². The zero-order valence-electron chi connectivity index (χ0n) is 15.7. The summed E-state index contributed by atoms with van der Waals surface area (Å²) in [6.07, 6.45) is 0.0299. The molecule has 1 aromatic heterocycles. The fraction of sp³-hybridized carbons (Fsp3) is 0.706. The minimum absolute atomic E-state index is 0.0299. The van der Waals surface area contributed by atoms with Gasteiger partial charge in [0.1, 0.15) is 5.60 Å². The Morgan fingerprint density at radius 3 is 2.60 bits per heavy atom. The highest BCUT2D eigenvalue weighted by Crippen LogP contribution is 2.24. The summed E-state index contributed by atoms with van der Waals surface area (Å²) in [7, 11) is 3.60. The number of morpholine rings is 1. The number of rotatable bonds is 5. The number of aliphatic hydroxyl groups excluding tert-OH is 1. The van der Waals surface area contributed by atoms with Gasteiger partial charge in [-0.2, -0.15) is 5.10 Å². The molecule has 8 nitrogen and oxygen atoms in total. The van der Waals surface area contributed by atoms with Crippen molar-refractivity contribution in [3.63, 3.8) is 0 Å². The molecule has 25 heavy (non-hydrogen) atoms. The van der Waals surface area contributed by atoms with Gasteiger partial charge < -0.3 is 19.6 Å². The van der Waals surface area contributed by atoms with Crippen LogP contribution in [0.2, 0.25) is 0 Å². The molecule has 1 N–H and O–H groups in total. The maximum absolute atomic E-state index is 12.7. The quantitative estimate of drug-likeness (QED) is 0.806. The Labute approximate surface area is 148 Å². The molecule has 0 spiro atoms. The van der Waals surface area contributed by atoms with Gasteiger partial charge >= 0.3 is 0 Å². The second-order valence-corrected chi connectivity index (χ2v) is 6.83. The molecule has 0 bridgehead atoms. The van der Waals surface area contributed by atoms with E-state index in [1.54, 1.807) is 21.5 Å². The van der Waals surface area contributed by atoms with Crippen LogP contribution >= 0.6 is 0 Å². The first-order chi connectivity index (χ1) is 11.7. The topological polar surface area (TPSA) is 87.9 Å². The lowest BCUT2D eigenvalue weighted by Gasteiger charge is -2.41. The molecular weight excluding hydrogens is 324 g/mol. The van der Waals surface area contributed by atoms with Gasteiger partial charge in [-0.3, -0.25) is 14.3 Å². The third-order valence-corrected chi connectivity index (χ3v) is 4.94. The number of aliphatic hydroxyl groups is 1. The van der Waals surface area contributed by atoms with Crippen LogP contribution in [0.25, 0.3) is 0 Å². The van der Waals surface area contributed by atoms with E-state index in [2.05, 4.69) is 5.10 Å². The van der Waals surface area contributed by atoms with E-state index in [0.717, 1.165) is 17.0 Å². The summed E-state index contributed by atoms with van der Waals surface area (Å²) in [5, 5.41) is 14.2. The third kappa shape index (κ3) is 4.19. The van der Waals surface area contributed by atoms with Crippen molar-refractivity contribution in [2.45, 2.75) is 39.3 Å². The molecule has 1 aromatic rings. The Morgan fingerprint density at radius 1 is 1.40 bits per heavy atom. The molecule has 2 heterocycles. The smallest absolute Gasteiger partial charge is 0.225 e. The number of ether oxygens (including phenoxy) is 1. The normalized spacial score (nSPS) is 20.6. The number of aryl methyl sites for hydroxylation is 2. The number of aromatic nitrogens is 2. The number of carbonyl (C=O) groups is 2. The van der Waals surface area contributed by atoms with Crippen LogP contribution < -0.4 is 0 Å². The van der Waals surface area contributed by atoms with Crippen molar-refractivity contribution in [1.82, 2.24) is 19.6 Å².